The van der Waals surface area contributed by atoms with Crippen molar-refractivity contribution < 1.29 is 17.9 Å². The second-order valence-corrected chi connectivity index (χ2v) is 4.03. The Morgan fingerprint density at radius 2 is 2.06 bits per heavy atom. The number of nitrogens with zero attached hydrogens (tertiary/aromatic N) is 3. The van der Waals surface area contributed by atoms with E-state index in [4.69, 9.17) is 4.74 Å². The summed E-state index contributed by atoms with van der Waals surface area (Å²) < 4.78 is 44.1. The molecule has 2 aromatic heterocycles. The number of halogens is 4. The van der Waals surface area contributed by atoms with Crippen LogP contribution in [0.1, 0.15) is 5.82 Å². The van der Waals surface area contributed by atoms with Crippen molar-refractivity contribution in [3.63, 3.8) is 0 Å². The number of alkyl halides is 3. The Hall–Kier alpha value is -1.57. The zero-order valence-electron chi connectivity index (χ0n) is 9.07. The van der Waals surface area contributed by atoms with E-state index in [-0.39, 0.29) is 5.82 Å². The Balaban J connectivity index is 2.50. The Morgan fingerprint density at radius 1 is 1.33 bits per heavy atom. The van der Waals surface area contributed by atoms with Gasteiger partial charge in [0.15, 0.2) is 5.75 Å². The highest BCUT2D eigenvalue weighted by Crippen LogP contribution is 2.30. The highest BCUT2D eigenvalue weighted by molar-refractivity contribution is 9.10. The highest BCUT2D eigenvalue weighted by Gasteiger charge is 2.36. The lowest BCUT2D eigenvalue weighted by molar-refractivity contribution is -0.146. The molecule has 18 heavy (non-hydrogen) atoms. The maximum Gasteiger partial charge on any atom is 0.450 e. The molecule has 2 aromatic rings. The average Bonchev–Trinajstić information content (AvgIpc) is 2.77. The summed E-state index contributed by atoms with van der Waals surface area (Å²) in [6.07, 6.45) is -2.26. The van der Waals surface area contributed by atoms with Crippen molar-refractivity contribution in [3.05, 3.63) is 35.0 Å². The van der Waals surface area contributed by atoms with Gasteiger partial charge in [-0.15, -0.1) is 0 Å². The monoisotopic (exact) mass is 321 g/mol. The van der Waals surface area contributed by atoms with Crippen LogP contribution in [0.4, 0.5) is 13.2 Å². The normalized spacial score (nSPS) is 11.6. The fourth-order valence-electron chi connectivity index (χ4n) is 1.40. The molecule has 0 aliphatic rings. The molecule has 0 aliphatic heterocycles. The fraction of sp³-hybridized carbons (Fsp3) is 0.200. The minimum Gasteiger partial charge on any atom is -0.494 e. The summed E-state index contributed by atoms with van der Waals surface area (Å²) in [6.45, 7) is 0. The Bertz CT molecular complexity index is 568. The van der Waals surface area contributed by atoms with Crippen molar-refractivity contribution >= 4 is 15.9 Å². The van der Waals surface area contributed by atoms with Gasteiger partial charge < -0.3 is 4.74 Å². The lowest BCUT2D eigenvalue weighted by atomic mass is 10.4. The summed E-state index contributed by atoms with van der Waals surface area (Å²) in [5, 5.41) is 0. The summed E-state index contributed by atoms with van der Waals surface area (Å²) in [5.74, 6) is -0.480. The molecule has 2 heterocycles. The molecule has 0 aliphatic carbocycles. The minimum atomic E-state index is -4.53. The first-order chi connectivity index (χ1) is 8.43. The van der Waals surface area contributed by atoms with Gasteiger partial charge in [0.2, 0.25) is 5.82 Å². The SMILES string of the molecule is COc1ccc(-n2ccnc2C(F)(F)F)nc1Br. The van der Waals surface area contributed by atoms with Gasteiger partial charge in [-0.05, 0) is 28.1 Å². The molecule has 0 aromatic carbocycles. The lowest BCUT2D eigenvalue weighted by Gasteiger charge is -2.10. The van der Waals surface area contributed by atoms with Crippen molar-refractivity contribution in [2.45, 2.75) is 6.18 Å². The van der Waals surface area contributed by atoms with Crippen LogP contribution in [0.2, 0.25) is 0 Å². The van der Waals surface area contributed by atoms with Gasteiger partial charge in [0.25, 0.3) is 0 Å². The van der Waals surface area contributed by atoms with E-state index in [2.05, 4.69) is 25.9 Å². The van der Waals surface area contributed by atoms with Gasteiger partial charge in [-0.1, -0.05) is 0 Å². The van der Waals surface area contributed by atoms with Gasteiger partial charge in [-0.2, -0.15) is 13.2 Å². The third-order valence-electron chi connectivity index (χ3n) is 2.16. The second kappa shape index (κ2) is 4.60. The number of methoxy groups -OCH3 is 1. The van der Waals surface area contributed by atoms with Gasteiger partial charge in [0, 0.05) is 12.4 Å². The summed E-state index contributed by atoms with van der Waals surface area (Å²) >= 11 is 3.12. The molecule has 4 nitrogen and oxygen atoms in total. The molecule has 8 heteroatoms. The van der Waals surface area contributed by atoms with E-state index in [1.54, 1.807) is 0 Å². The van der Waals surface area contributed by atoms with Crippen LogP contribution < -0.4 is 4.74 Å². The fourth-order valence-corrected chi connectivity index (χ4v) is 1.87. The van der Waals surface area contributed by atoms with Gasteiger partial charge in [0.1, 0.15) is 10.4 Å². The van der Waals surface area contributed by atoms with Crippen molar-refractivity contribution in [2.24, 2.45) is 0 Å². The summed E-state index contributed by atoms with van der Waals surface area (Å²) in [4.78, 5) is 7.26. The molecule has 0 saturated heterocycles. The molecule has 0 spiro atoms. The van der Waals surface area contributed by atoms with Crippen molar-refractivity contribution in [2.75, 3.05) is 7.11 Å². The third kappa shape index (κ3) is 2.33. The quantitative estimate of drug-likeness (QED) is 0.798. The van der Waals surface area contributed by atoms with Crippen LogP contribution in [0.5, 0.6) is 5.75 Å². The maximum atomic E-state index is 12.7. The van der Waals surface area contributed by atoms with Crippen LogP contribution in [0.3, 0.4) is 0 Å². The van der Waals surface area contributed by atoms with E-state index in [1.165, 1.54) is 25.4 Å². The maximum absolute atomic E-state index is 12.7. The van der Waals surface area contributed by atoms with Crippen LogP contribution in [0.15, 0.2) is 29.1 Å². The summed E-state index contributed by atoms with van der Waals surface area (Å²) in [7, 11) is 1.44. The molecule has 0 bridgehead atoms. The molecule has 96 valence electrons. The molecule has 0 unspecified atom stereocenters. The van der Waals surface area contributed by atoms with Gasteiger partial charge in [0.05, 0.1) is 7.11 Å². The minimum absolute atomic E-state index is 0.104. The molecule has 0 fully saturated rings. The average molecular weight is 322 g/mol. The Kier molecular flexibility index (Phi) is 3.29. The standard InChI is InChI=1S/C10H7BrF3N3O/c1-18-6-2-3-7(16-8(6)11)17-5-4-15-9(17)10(12,13)14/h2-5H,1H3. The van der Waals surface area contributed by atoms with Crippen LogP contribution in [-0.4, -0.2) is 21.6 Å². The number of ether oxygens (including phenoxy) is 1. The first-order valence-electron chi connectivity index (χ1n) is 4.75. The van der Waals surface area contributed by atoms with Crippen molar-refractivity contribution in [1.29, 1.82) is 0 Å². The molecule has 0 radical (unpaired) electrons. The topological polar surface area (TPSA) is 39.9 Å². The Morgan fingerprint density at radius 3 is 2.61 bits per heavy atom. The van der Waals surface area contributed by atoms with E-state index in [0.29, 0.717) is 10.4 Å². The highest BCUT2D eigenvalue weighted by atomic mass is 79.9. The van der Waals surface area contributed by atoms with Gasteiger partial charge >= 0.3 is 6.18 Å². The molecular formula is C10H7BrF3N3O. The van der Waals surface area contributed by atoms with Gasteiger partial charge in [-0.25, -0.2) is 9.97 Å². The Labute approximate surface area is 109 Å². The largest absolute Gasteiger partial charge is 0.494 e. The van der Waals surface area contributed by atoms with Crippen LogP contribution in [0, 0.1) is 0 Å². The zero-order chi connectivity index (χ0) is 13.3. The molecule has 0 saturated carbocycles. The summed E-state index contributed by atoms with van der Waals surface area (Å²) in [6, 6.07) is 2.94. The molecule has 2 rings (SSSR count). The van der Waals surface area contributed by atoms with E-state index in [1.807, 2.05) is 0 Å². The van der Waals surface area contributed by atoms with Crippen LogP contribution >= 0.6 is 15.9 Å². The molecular weight excluding hydrogens is 315 g/mol. The van der Waals surface area contributed by atoms with Crippen LogP contribution in [-0.2, 0) is 6.18 Å². The van der Waals surface area contributed by atoms with Crippen LogP contribution in [0.25, 0.3) is 5.82 Å². The third-order valence-corrected chi connectivity index (χ3v) is 2.73. The number of rotatable bonds is 2. The number of pyridine rings is 1. The zero-order valence-corrected chi connectivity index (χ0v) is 10.7. The molecule has 0 N–H and O–H groups in total. The number of hydrogen-bond acceptors (Lipinski definition) is 3. The molecule has 0 amide bonds. The predicted molar refractivity (Wildman–Crippen MR) is 60.6 cm³/mol. The predicted octanol–water partition coefficient (Wildman–Crippen LogP) is 3.06. The van der Waals surface area contributed by atoms with Crippen molar-refractivity contribution in [1.82, 2.24) is 14.5 Å². The number of aromatic nitrogens is 3. The first-order valence-corrected chi connectivity index (χ1v) is 5.54. The smallest absolute Gasteiger partial charge is 0.450 e. The molecule has 0 atom stereocenters. The summed E-state index contributed by atoms with van der Waals surface area (Å²) in [5.41, 5.74) is 0. The van der Waals surface area contributed by atoms with E-state index in [9.17, 15) is 13.2 Å². The van der Waals surface area contributed by atoms with E-state index >= 15 is 0 Å². The number of imidazole rings is 1. The first kappa shape index (κ1) is 12.9. The van der Waals surface area contributed by atoms with Gasteiger partial charge in [-0.3, -0.25) is 4.57 Å². The number of hydrogen-bond donors (Lipinski definition) is 0. The lowest BCUT2D eigenvalue weighted by Crippen LogP contribution is -2.14. The van der Waals surface area contributed by atoms with Crippen molar-refractivity contribution in [3.8, 4) is 11.6 Å². The van der Waals surface area contributed by atoms with E-state index in [0.717, 1.165) is 10.8 Å². The second-order valence-electron chi connectivity index (χ2n) is 3.28. The van der Waals surface area contributed by atoms with E-state index < -0.39 is 12.0 Å².